The van der Waals surface area contributed by atoms with Crippen molar-refractivity contribution in [2.45, 2.75) is 18.2 Å². The molecule has 1 N–H and O–H groups in total. The van der Waals surface area contributed by atoms with Gasteiger partial charge in [-0.2, -0.15) is 0 Å². The second-order valence-electron chi connectivity index (χ2n) is 2.76. The molecule has 0 radical (unpaired) electrons. The highest BCUT2D eigenvalue weighted by Crippen LogP contribution is 2.29. The lowest BCUT2D eigenvalue weighted by atomic mass is 10.2. The molecule has 2 rings (SSSR count). The lowest BCUT2D eigenvalue weighted by molar-refractivity contribution is -0.404. The van der Waals surface area contributed by atoms with E-state index >= 15 is 0 Å². The van der Waals surface area contributed by atoms with E-state index in [-0.39, 0.29) is 12.7 Å². The van der Waals surface area contributed by atoms with Crippen LogP contribution in [0.4, 0.5) is 4.39 Å². The average molecular weight is 164 g/mol. The van der Waals surface area contributed by atoms with Gasteiger partial charge in [-0.25, -0.2) is 4.39 Å². The summed E-state index contributed by atoms with van der Waals surface area (Å²) in [6.45, 7) is 0.608. The summed E-state index contributed by atoms with van der Waals surface area (Å²) in [6, 6.07) is 0. The van der Waals surface area contributed by atoms with Crippen LogP contribution in [0.5, 0.6) is 0 Å². The lowest BCUT2D eigenvalue weighted by Crippen LogP contribution is -2.59. The van der Waals surface area contributed by atoms with E-state index in [0.717, 1.165) is 0 Å². The number of hydrogen-bond donors (Lipinski definition) is 1. The van der Waals surface area contributed by atoms with Gasteiger partial charge in [0.25, 0.3) is 5.85 Å². The molecule has 5 heteroatoms. The molecule has 0 bridgehead atoms. The van der Waals surface area contributed by atoms with Crippen LogP contribution in [0, 0.1) is 0 Å². The van der Waals surface area contributed by atoms with E-state index in [4.69, 9.17) is 14.6 Å². The monoisotopic (exact) mass is 164 g/mol. The van der Waals surface area contributed by atoms with E-state index in [1.54, 1.807) is 0 Å². The summed E-state index contributed by atoms with van der Waals surface area (Å²) in [4.78, 5) is 0. The van der Waals surface area contributed by atoms with Gasteiger partial charge >= 0.3 is 0 Å². The molecule has 0 aromatic carbocycles. The lowest BCUT2D eigenvalue weighted by Gasteiger charge is -2.41. The smallest absolute Gasteiger partial charge is 0.281 e. The van der Waals surface area contributed by atoms with Gasteiger partial charge in [0.05, 0.1) is 13.2 Å². The van der Waals surface area contributed by atoms with Crippen LogP contribution in [0.25, 0.3) is 0 Å². The molecule has 0 aromatic heterocycles. The van der Waals surface area contributed by atoms with Gasteiger partial charge in [-0.1, -0.05) is 0 Å². The molecule has 0 aromatic rings. The molecule has 2 atom stereocenters. The summed E-state index contributed by atoms with van der Waals surface area (Å²) >= 11 is 0. The largest absolute Gasteiger partial charge is 0.376 e. The van der Waals surface area contributed by atoms with E-state index < -0.39 is 12.1 Å². The molecular formula is C6H9FO4. The highest BCUT2D eigenvalue weighted by atomic mass is 19.2. The van der Waals surface area contributed by atoms with E-state index in [1.807, 2.05) is 0 Å². The molecule has 4 nitrogen and oxygen atoms in total. The summed E-state index contributed by atoms with van der Waals surface area (Å²) in [6.07, 6.45) is -1.24. The summed E-state index contributed by atoms with van der Waals surface area (Å²) in [5.74, 6) is -2.30. The Balaban J connectivity index is 1.78. The van der Waals surface area contributed by atoms with Crippen molar-refractivity contribution in [1.29, 1.82) is 0 Å². The fourth-order valence-electron chi connectivity index (χ4n) is 0.900. The molecular weight excluding hydrogens is 155 g/mol. The predicted octanol–water partition coefficient (Wildman–Crippen LogP) is -0.584. The van der Waals surface area contributed by atoms with Gasteiger partial charge in [0.2, 0.25) is 6.29 Å². The molecule has 0 saturated carbocycles. The predicted molar refractivity (Wildman–Crippen MR) is 31.5 cm³/mol. The molecule has 0 amide bonds. The molecule has 0 spiro atoms. The van der Waals surface area contributed by atoms with Crippen LogP contribution in [0.2, 0.25) is 0 Å². The van der Waals surface area contributed by atoms with Crippen molar-refractivity contribution in [3.63, 3.8) is 0 Å². The highest BCUT2D eigenvalue weighted by Gasteiger charge is 2.50. The second kappa shape index (κ2) is 2.38. The van der Waals surface area contributed by atoms with Crippen molar-refractivity contribution in [1.82, 2.24) is 0 Å². The first-order valence-electron chi connectivity index (χ1n) is 3.44. The summed E-state index contributed by atoms with van der Waals surface area (Å²) in [5, 5.41) is 8.78. The third-order valence-electron chi connectivity index (χ3n) is 1.72. The standard InChI is InChI=1S/C6H9FO4/c7-6(8)3-10-5(6)11-4-1-9-2-4/h4-5,8H,1-3H2. The van der Waals surface area contributed by atoms with Gasteiger partial charge in [-0.15, -0.1) is 0 Å². The van der Waals surface area contributed by atoms with Crippen molar-refractivity contribution in [2.75, 3.05) is 19.8 Å². The van der Waals surface area contributed by atoms with E-state index in [1.165, 1.54) is 0 Å². The van der Waals surface area contributed by atoms with Gasteiger partial charge in [-0.05, 0) is 0 Å². The van der Waals surface area contributed by atoms with Crippen molar-refractivity contribution in [3.05, 3.63) is 0 Å². The second-order valence-corrected chi connectivity index (χ2v) is 2.76. The fourth-order valence-corrected chi connectivity index (χ4v) is 0.900. The SMILES string of the molecule is OC1(F)COC1OC1COC1. The Morgan fingerprint density at radius 1 is 1.55 bits per heavy atom. The maximum atomic E-state index is 12.7. The number of hydrogen-bond acceptors (Lipinski definition) is 4. The van der Waals surface area contributed by atoms with Crippen LogP contribution >= 0.6 is 0 Å². The Hall–Kier alpha value is -0.230. The Morgan fingerprint density at radius 2 is 2.27 bits per heavy atom. The van der Waals surface area contributed by atoms with E-state index in [0.29, 0.717) is 13.2 Å². The molecule has 2 saturated heterocycles. The number of ether oxygens (including phenoxy) is 3. The first-order valence-corrected chi connectivity index (χ1v) is 3.44. The van der Waals surface area contributed by atoms with E-state index in [2.05, 4.69) is 4.74 Å². The molecule has 2 aliphatic rings. The summed E-state index contributed by atoms with van der Waals surface area (Å²) < 4.78 is 27.1. The minimum absolute atomic E-state index is 0.123. The zero-order valence-corrected chi connectivity index (χ0v) is 5.83. The maximum absolute atomic E-state index is 12.7. The third-order valence-corrected chi connectivity index (χ3v) is 1.72. The van der Waals surface area contributed by atoms with Gasteiger partial charge in [0, 0.05) is 0 Å². The van der Waals surface area contributed by atoms with Crippen LogP contribution in [-0.4, -0.2) is 43.2 Å². The van der Waals surface area contributed by atoms with Gasteiger partial charge in [0.15, 0.2) is 0 Å². The molecule has 2 unspecified atom stereocenters. The third kappa shape index (κ3) is 1.24. The van der Waals surface area contributed by atoms with Crippen molar-refractivity contribution < 1.29 is 23.7 Å². The Bertz CT molecular complexity index is 157. The van der Waals surface area contributed by atoms with Crippen LogP contribution in [0.1, 0.15) is 0 Å². The number of rotatable bonds is 2. The molecule has 2 aliphatic heterocycles. The minimum atomic E-state index is -2.30. The first-order chi connectivity index (χ1) is 5.18. The molecule has 2 heterocycles. The molecule has 0 aliphatic carbocycles. The number of halogens is 1. The Morgan fingerprint density at radius 3 is 2.55 bits per heavy atom. The fraction of sp³-hybridized carbons (Fsp3) is 1.00. The quantitative estimate of drug-likeness (QED) is 0.593. The topological polar surface area (TPSA) is 47.9 Å². The number of alkyl halides is 1. The maximum Gasteiger partial charge on any atom is 0.281 e. The molecule has 11 heavy (non-hydrogen) atoms. The summed E-state index contributed by atoms with van der Waals surface area (Å²) in [7, 11) is 0. The highest BCUT2D eigenvalue weighted by molar-refractivity contribution is 4.81. The van der Waals surface area contributed by atoms with Crippen molar-refractivity contribution in [3.8, 4) is 0 Å². The van der Waals surface area contributed by atoms with E-state index in [9.17, 15) is 4.39 Å². The summed E-state index contributed by atoms with van der Waals surface area (Å²) in [5.41, 5.74) is 0. The zero-order chi connectivity index (χ0) is 7.90. The van der Waals surface area contributed by atoms with Crippen LogP contribution < -0.4 is 0 Å². The van der Waals surface area contributed by atoms with Crippen molar-refractivity contribution >= 4 is 0 Å². The average Bonchev–Trinajstić information content (AvgIpc) is 1.83. The Labute approximate surface area is 62.9 Å². The normalized spacial score (nSPS) is 44.7. The molecule has 64 valence electrons. The molecule has 2 fully saturated rings. The van der Waals surface area contributed by atoms with Gasteiger partial charge in [-0.3, -0.25) is 0 Å². The van der Waals surface area contributed by atoms with Gasteiger partial charge < -0.3 is 19.3 Å². The zero-order valence-electron chi connectivity index (χ0n) is 5.83. The minimum Gasteiger partial charge on any atom is -0.376 e. The van der Waals surface area contributed by atoms with Gasteiger partial charge in [0.1, 0.15) is 12.7 Å². The van der Waals surface area contributed by atoms with Crippen LogP contribution in [0.15, 0.2) is 0 Å². The van der Waals surface area contributed by atoms with Crippen LogP contribution in [-0.2, 0) is 14.2 Å². The number of aliphatic hydroxyl groups is 1. The van der Waals surface area contributed by atoms with Crippen LogP contribution in [0.3, 0.4) is 0 Å². The Kier molecular flexibility index (Phi) is 1.61. The first kappa shape index (κ1) is 7.42. The van der Waals surface area contributed by atoms with Crippen molar-refractivity contribution in [2.24, 2.45) is 0 Å².